The topological polar surface area (TPSA) is 80.2 Å². The van der Waals surface area contributed by atoms with Crippen molar-refractivity contribution in [2.45, 2.75) is 25.0 Å². The van der Waals surface area contributed by atoms with Crippen LogP contribution in [0.2, 0.25) is 5.02 Å². The second-order valence-electron chi connectivity index (χ2n) is 7.06. The number of hydrogen-bond acceptors (Lipinski definition) is 6. The molecule has 0 spiro atoms. The second kappa shape index (κ2) is 11.2. The van der Waals surface area contributed by atoms with Crippen LogP contribution in [-0.2, 0) is 16.0 Å². The van der Waals surface area contributed by atoms with E-state index in [4.69, 9.17) is 21.1 Å². The second-order valence-corrected chi connectivity index (χ2v) is 8.67. The van der Waals surface area contributed by atoms with E-state index in [1.54, 1.807) is 43.4 Å². The summed E-state index contributed by atoms with van der Waals surface area (Å²) in [7, 11) is 3.18. The molecule has 2 aromatic carbocycles. The molecule has 32 heavy (non-hydrogen) atoms. The average Bonchev–Trinajstić information content (AvgIpc) is 2.79. The van der Waals surface area contributed by atoms with E-state index in [0.29, 0.717) is 46.9 Å². The molecule has 1 aliphatic rings. The number of carbonyl (C=O) groups is 2. The fourth-order valence-electron chi connectivity index (χ4n) is 3.25. The van der Waals surface area contributed by atoms with Crippen LogP contribution in [0.25, 0.3) is 0 Å². The summed E-state index contributed by atoms with van der Waals surface area (Å²) in [5.41, 5.74) is 1.66. The number of benzene rings is 2. The van der Waals surface area contributed by atoms with Gasteiger partial charge in [-0.15, -0.1) is 0 Å². The third-order valence-corrected chi connectivity index (χ3v) is 6.35. The van der Waals surface area contributed by atoms with Crippen molar-refractivity contribution in [1.82, 2.24) is 10.2 Å². The van der Waals surface area contributed by atoms with Crippen molar-refractivity contribution in [1.29, 1.82) is 0 Å². The SMILES string of the molecule is CCNC(=O)C1CC(=O)N(CCc2ccc(OC)c(OC)c2)C(=Nc2ccc(Cl)cc2)S1. The van der Waals surface area contributed by atoms with Crippen molar-refractivity contribution in [2.24, 2.45) is 4.99 Å². The van der Waals surface area contributed by atoms with E-state index >= 15 is 0 Å². The number of amides is 2. The van der Waals surface area contributed by atoms with Crippen LogP contribution in [0.1, 0.15) is 18.9 Å². The number of nitrogens with zero attached hydrogens (tertiary/aromatic N) is 2. The molecule has 9 heteroatoms. The highest BCUT2D eigenvalue weighted by Gasteiger charge is 2.35. The normalized spacial score (nSPS) is 17.4. The lowest BCUT2D eigenvalue weighted by Crippen LogP contribution is -2.47. The summed E-state index contributed by atoms with van der Waals surface area (Å²) in [5.74, 6) is 0.994. The first-order chi connectivity index (χ1) is 15.4. The molecule has 1 heterocycles. The van der Waals surface area contributed by atoms with E-state index in [-0.39, 0.29) is 18.2 Å². The number of methoxy groups -OCH3 is 2. The molecule has 0 radical (unpaired) electrons. The van der Waals surface area contributed by atoms with Gasteiger partial charge < -0.3 is 14.8 Å². The molecule has 2 aromatic rings. The van der Waals surface area contributed by atoms with Crippen LogP contribution in [0.3, 0.4) is 0 Å². The zero-order valence-corrected chi connectivity index (χ0v) is 19.8. The minimum Gasteiger partial charge on any atom is -0.493 e. The Balaban J connectivity index is 1.83. The van der Waals surface area contributed by atoms with Gasteiger partial charge in [-0.05, 0) is 55.3 Å². The molecule has 1 unspecified atom stereocenters. The zero-order chi connectivity index (χ0) is 23.1. The molecule has 0 saturated carbocycles. The predicted molar refractivity (Wildman–Crippen MR) is 128 cm³/mol. The van der Waals surface area contributed by atoms with Gasteiger partial charge in [0.15, 0.2) is 16.7 Å². The third-order valence-electron chi connectivity index (χ3n) is 4.91. The molecule has 1 saturated heterocycles. The number of nitrogens with one attached hydrogen (secondary N) is 1. The Morgan fingerprint density at radius 1 is 1.19 bits per heavy atom. The Kier molecular flexibility index (Phi) is 8.41. The number of hydrogen-bond donors (Lipinski definition) is 1. The standard InChI is InChI=1S/C23H26ClN3O4S/c1-4-25-22(29)20-14-21(28)27(23(32-20)26-17-8-6-16(24)7-9-17)12-11-15-5-10-18(30-2)19(13-15)31-3/h5-10,13,20H,4,11-12,14H2,1-3H3,(H,25,29). The molecule has 2 amide bonds. The quantitative estimate of drug-likeness (QED) is 0.622. The first-order valence-corrected chi connectivity index (χ1v) is 11.5. The van der Waals surface area contributed by atoms with Gasteiger partial charge in [-0.3, -0.25) is 14.5 Å². The van der Waals surface area contributed by atoms with Crippen LogP contribution in [0.5, 0.6) is 11.5 Å². The molecule has 0 aromatic heterocycles. The van der Waals surface area contributed by atoms with Crippen LogP contribution < -0.4 is 14.8 Å². The molecule has 1 N–H and O–H groups in total. The number of halogens is 1. The summed E-state index contributed by atoms with van der Waals surface area (Å²) in [4.78, 5) is 31.7. The summed E-state index contributed by atoms with van der Waals surface area (Å²) in [6.07, 6.45) is 0.722. The van der Waals surface area contributed by atoms with Gasteiger partial charge in [-0.1, -0.05) is 29.4 Å². The van der Waals surface area contributed by atoms with E-state index in [1.807, 2.05) is 25.1 Å². The number of ether oxygens (including phenoxy) is 2. The van der Waals surface area contributed by atoms with Crippen molar-refractivity contribution in [2.75, 3.05) is 27.3 Å². The van der Waals surface area contributed by atoms with Crippen molar-refractivity contribution in [3.8, 4) is 11.5 Å². The number of carbonyl (C=O) groups excluding carboxylic acids is 2. The lowest BCUT2D eigenvalue weighted by atomic mass is 10.1. The molecule has 7 nitrogen and oxygen atoms in total. The Morgan fingerprint density at radius 2 is 1.91 bits per heavy atom. The van der Waals surface area contributed by atoms with E-state index in [9.17, 15) is 9.59 Å². The molecule has 3 rings (SSSR count). The molecule has 1 aliphatic heterocycles. The van der Waals surface area contributed by atoms with Crippen molar-refractivity contribution in [3.63, 3.8) is 0 Å². The fourth-order valence-corrected chi connectivity index (χ4v) is 4.53. The number of thioether (sulfide) groups is 1. The van der Waals surface area contributed by atoms with Crippen LogP contribution in [-0.4, -0.2) is 54.4 Å². The van der Waals surface area contributed by atoms with Gasteiger partial charge in [0.25, 0.3) is 0 Å². The van der Waals surface area contributed by atoms with Gasteiger partial charge in [0.2, 0.25) is 11.8 Å². The Bertz CT molecular complexity index is 997. The van der Waals surface area contributed by atoms with Gasteiger partial charge in [0, 0.05) is 24.5 Å². The maximum absolute atomic E-state index is 13.0. The highest BCUT2D eigenvalue weighted by molar-refractivity contribution is 8.15. The summed E-state index contributed by atoms with van der Waals surface area (Å²) in [6, 6.07) is 12.7. The van der Waals surface area contributed by atoms with Crippen molar-refractivity contribution < 1.29 is 19.1 Å². The Morgan fingerprint density at radius 3 is 2.56 bits per heavy atom. The fraction of sp³-hybridized carbons (Fsp3) is 0.348. The third kappa shape index (κ3) is 5.95. The van der Waals surface area contributed by atoms with Crippen molar-refractivity contribution in [3.05, 3.63) is 53.1 Å². The maximum atomic E-state index is 13.0. The van der Waals surface area contributed by atoms with Crippen LogP contribution in [0.4, 0.5) is 5.69 Å². The summed E-state index contributed by atoms with van der Waals surface area (Å²) >= 11 is 7.28. The van der Waals surface area contributed by atoms with Crippen LogP contribution in [0.15, 0.2) is 47.5 Å². The van der Waals surface area contributed by atoms with Gasteiger partial charge in [0.05, 0.1) is 25.2 Å². The minimum absolute atomic E-state index is 0.127. The lowest BCUT2D eigenvalue weighted by Gasteiger charge is -2.31. The summed E-state index contributed by atoms with van der Waals surface area (Å²) in [6.45, 7) is 2.79. The smallest absolute Gasteiger partial charge is 0.234 e. The highest BCUT2D eigenvalue weighted by atomic mass is 35.5. The first-order valence-electron chi connectivity index (χ1n) is 10.2. The number of rotatable bonds is 8. The number of aliphatic imine (C=N–C) groups is 1. The Labute approximate surface area is 197 Å². The van der Waals surface area contributed by atoms with E-state index in [0.717, 1.165) is 5.56 Å². The molecule has 170 valence electrons. The molecule has 0 aliphatic carbocycles. The maximum Gasteiger partial charge on any atom is 0.234 e. The monoisotopic (exact) mass is 475 g/mol. The first kappa shape index (κ1) is 23.9. The van der Waals surface area contributed by atoms with Gasteiger partial charge in [-0.2, -0.15) is 0 Å². The van der Waals surface area contributed by atoms with Crippen LogP contribution in [0, 0.1) is 0 Å². The van der Waals surface area contributed by atoms with E-state index in [1.165, 1.54) is 11.8 Å². The van der Waals surface area contributed by atoms with Gasteiger partial charge in [0.1, 0.15) is 0 Å². The van der Waals surface area contributed by atoms with E-state index < -0.39 is 5.25 Å². The largest absolute Gasteiger partial charge is 0.493 e. The Hall–Kier alpha value is -2.71. The number of amidine groups is 1. The molecular formula is C23H26ClN3O4S. The van der Waals surface area contributed by atoms with E-state index in [2.05, 4.69) is 10.3 Å². The summed E-state index contributed by atoms with van der Waals surface area (Å²) < 4.78 is 10.7. The molecule has 1 fully saturated rings. The van der Waals surface area contributed by atoms with Crippen LogP contribution >= 0.6 is 23.4 Å². The lowest BCUT2D eigenvalue weighted by molar-refractivity contribution is -0.130. The van der Waals surface area contributed by atoms with Gasteiger partial charge >= 0.3 is 0 Å². The predicted octanol–water partition coefficient (Wildman–Crippen LogP) is 4.06. The van der Waals surface area contributed by atoms with Gasteiger partial charge in [-0.25, -0.2) is 4.99 Å². The molecule has 0 bridgehead atoms. The summed E-state index contributed by atoms with van der Waals surface area (Å²) in [5, 5.41) is 3.39. The average molecular weight is 476 g/mol. The molecule has 1 atom stereocenters. The highest BCUT2D eigenvalue weighted by Crippen LogP contribution is 2.31. The molecular weight excluding hydrogens is 450 g/mol. The minimum atomic E-state index is -0.508. The van der Waals surface area contributed by atoms with Crippen molar-refractivity contribution >= 4 is 46.0 Å². The zero-order valence-electron chi connectivity index (χ0n) is 18.3.